The first-order valence-electron chi connectivity index (χ1n) is 8.47. The second-order valence-corrected chi connectivity index (χ2v) is 6.19. The Bertz CT molecular complexity index is 648. The molecule has 0 N–H and O–H groups in total. The third-order valence-corrected chi connectivity index (χ3v) is 4.43. The summed E-state index contributed by atoms with van der Waals surface area (Å²) in [5.41, 5.74) is 0.195. The maximum atomic E-state index is 12.4. The van der Waals surface area contributed by atoms with E-state index in [2.05, 4.69) is 4.74 Å². The number of ether oxygens (including phenoxy) is 3. The van der Waals surface area contributed by atoms with Crippen LogP contribution in [0.5, 0.6) is 5.75 Å². The number of nitrogens with zero attached hydrogens (tertiary/aromatic N) is 1. The molecule has 1 aromatic carbocycles. The van der Waals surface area contributed by atoms with Gasteiger partial charge in [-0.2, -0.15) is 0 Å². The van der Waals surface area contributed by atoms with Gasteiger partial charge in [0.25, 0.3) is 0 Å². The molecule has 5 nitrogen and oxygen atoms in total. The van der Waals surface area contributed by atoms with Gasteiger partial charge < -0.3 is 19.1 Å². The summed E-state index contributed by atoms with van der Waals surface area (Å²) in [6.07, 6.45) is -0.787. The number of hydrogen-bond donors (Lipinski definition) is 0. The molecular formula is C18H20F3NO4. The Hall–Kier alpha value is -2.06. The van der Waals surface area contributed by atoms with Crippen molar-refractivity contribution in [3.05, 3.63) is 35.9 Å². The van der Waals surface area contributed by atoms with Crippen molar-refractivity contribution in [2.24, 2.45) is 5.92 Å². The van der Waals surface area contributed by atoms with E-state index in [1.54, 1.807) is 11.0 Å². The average molecular weight is 371 g/mol. The van der Waals surface area contributed by atoms with Gasteiger partial charge in [-0.15, -0.1) is 13.2 Å². The largest absolute Gasteiger partial charge is 0.573 e. The lowest BCUT2D eigenvalue weighted by Gasteiger charge is -2.33. The molecule has 2 fully saturated rings. The Kier molecular flexibility index (Phi) is 5.83. The number of para-hydroxylation sites is 1. The number of benzene rings is 1. The minimum atomic E-state index is -4.78. The smallest absolute Gasteiger partial charge is 0.405 e. The molecule has 0 saturated carbocycles. The molecule has 8 heteroatoms. The standard InChI is InChI=1S/C18H20F3NO4/c19-18(20,21)26-15-4-2-1-3-13(15)5-6-16(23)22-9-7-14(8-10-22)17-24-11-12-25-17/h1-6,14,17H,7-12H2/b6-5+. The topological polar surface area (TPSA) is 48.0 Å². The number of rotatable bonds is 4. The van der Waals surface area contributed by atoms with Gasteiger partial charge in [-0.3, -0.25) is 4.79 Å². The van der Waals surface area contributed by atoms with E-state index in [1.165, 1.54) is 30.4 Å². The lowest BCUT2D eigenvalue weighted by molar-refractivity contribution is -0.274. The van der Waals surface area contributed by atoms with Crippen molar-refractivity contribution in [3.8, 4) is 5.75 Å². The van der Waals surface area contributed by atoms with Gasteiger partial charge >= 0.3 is 6.36 Å². The monoisotopic (exact) mass is 371 g/mol. The molecule has 0 spiro atoms. The van der Waals surface area contributed by atoms with Crippen LogP contribution in [-0.2, 0) is 14.3 Å². The summed E-state index contributed by atoms with van der Waals surface area (Å²) >= 11 is 0. The Morgan fingerprint density at radius 1 is 1.15 bits per heavy atom. The van der Waals surface area contributed by atoms with Crippen LogP contribution in [-0.4, -0.2) is 49.8 Å². The number of hydrogen-bond acceptors (Lipinski definition) is 4. The predicted octanol–water partition coefficient (Wildman–Crippen LogP) is 3.21. The van der Waals surface area contributed by atoms with Crippen molar-refractivity contribution in [1.29, 1.82) is 0 Å². The molecule has 26 heavy (non-hydrogen) atoms. The highest BCUT2D eigenvalue weighted by molar-refractivity contribution is 5.92. The van der Waals surface area contributed by atoms with Crippen LogP contribution >= 0.6 is 0 Å². The van der Waals surface area contributed by atoms with Gasteiger partial charge in [0.1, 0.15) is 5.75 Å². The zero-order chi connectivity index (χ0) is 18.6. The van der Waals surface area contributed by atoms with Crippen LogP contribution in [0, 0.1) is 5.92 Å². The van der Waals surface area contributed by atoms with Crippen molar-refractivity contribution in [2.75, 3.05) is 26.3 Å². The van der Waals surface area contributed by atoms with E-state index < -0.39 is 6.36 Å². The zero-order valence-electron chi connectivity index (χ0n) is 14.1. The van der Waals surface area contributed by atoms with Gasteiger partial charge in [0, 0.05) is 30.6 Å². The molecule has 1 aromatic rings. The number of alkyl halides is 3. The lowest BCUT2D eigenvalue weighted by atomic mass is 9.96. The summed E-state index contributed by atoms with van der Waals surface area (Å²) in [6, 6.07) is 5.70. The van der Waals surface area contributed by atoms with Crippen LogP contribution in [0.1, 0.15) is 18.4 Å². The minimum absolute atomic E-state index is 0.186. The number of carbonyl (C=O) groups is 1. The van der Waals surface area contributed by atoms with Gasteiger partial charge in [-0.1, -0.05) is 18.2 Å². The average Bonchev–Trinajstić information content (AvgIpc) is 3.14. The number of likely N-dealkylation sites (tertiary alicyclic amines) is 1. The fourth-order valence-electron chi connectivity index (χ4n) is 3.14. The first kappa shape index (κ1) is 18.7. The van der Waals surface area contributed by atoms with E-state index in [4.69, 9.17) is 9.47 Å². The maximum absolute atomic E-state index is 12.4. The van der Waals surface area contributed by atoms with Crippen LogP contribution in [0.4, 0.5) is 13.2 Å². The fraction of sp³-hybridized carbons (Fsp3) is 0.500. The molecule has 2 heterocycles. The summed E-state index contributed by atoms with van der Waals surface area (Å²) in [5, 5.41) is 0. The van der Waals surface area contributed by atoms with E-state index in [0.29, 0.717) is 26.3 Å². The fourth-order valence-corrected chi connectivity index (χ4v) is 3.14. The van der Waals surface area contributed by atoms with Crippen molar-refractivity contribution >= 4 is 12.0 Å². The highest BCUT2D eigenvalue weighted by Crippen LogP contribution is 2.28. The van der Waals surface area contributed by atoms with Crippen molar-refractivity contribution in [3.63, 3.8) is 0 Å². The first-order chi connectivity index (χ1) is 12.4. The number of amides is 1. The summed E-state index contributed by atoms with van der Waals surface area (Å²) < 4.78 is 52.3. The Labute approximate surface area is 149 Å². The van der Waals surface area contributed by atoms with Gasteiger partial charge in [0.2, 0.25) is 5.91 Å². The van der Waals surface area contributed by atoms with Crippen molar-refractivity contribution in [2.45, 2.75) is 25.5 Å². The van der Waals surface area contributed by atoms with E-state index in [9.17, 15) is 18.0 Å². The zero-order valence-corrected chi connectivity index (χ0v) is 14.1. The summed E-state index contributed by atoms with van der Waals surface area (Å²) in [7, 11) is 0. The molecule has 0 radical (unpaired) electrons. The van der Waals surface area contributed by atoms with Gasteiger partial charge in [-0.25, -0.2) is 0 Å². The maximum Gasteiger partial charge on any atom is 0.573 e. The molecule has 0 atom stereocenters. The van der Waals surface area contributed by atoms with Crippen LogP contribution < -0.4 is 4.74 Å². The highest BCUT2D eigenvalue weighted by atomic mass is 19.4. The molecule has 142 valence electrons. The van der Waals surface area contributed by atoms with E-state index >= 15 is 0 Å². The Morgan fingerprint density at radius 3 is 2.46 bits per heavy atom. The molecule has 2 aliphatic rings. The minimum Gasteiger partial charge on any atom is -0.405 e. The van der Waals surface area contributed by atoms with Gasteiger partial charge in [0.15, 0.2) is 6.29 Å². The lowest BCUT2D eigenvalue weighted by Crippen LogP contribution is -2.40. The van der Waals surface area contributed by atoms with Crippen molar-refractivity contribution < 1.29 is 32.2 Å². The molecule has 0 unspecified atom stereocenters. The molecule has 0 aromatic heterocycles. The van der Waals surface area contributed by atoms with E-state index in [1.807, 2.05) is 0 Å². The first-order valence-corrected chi connectivity index (χ1v) is 8.47. The molecule has 1 amide bonds. The molecular weight excluding hydrogens is 351 g/mol. The molecule has 0 aliphatic carbocycles. The Balaban J connectivity index is 1.57. The quantitative estimate of drug-likeness (QED) is 0.763. The molecule has 2 aliphatic heterocycles. The third-order valence-electron chi connectivity index (χ3n) is 4.43. The summed E-state index contributed by atoms with van der Waals surface area (Å²) in [6.45, 7) is 2.34. The highest BCUT2D eigenvalue weighted by Gasteiger charge is 2.32. The predicted molar refractivity (Wildman–Crippen MR) is 87.2 cm³/mol. The van der Waals surface area contributed by atoms with E-state index in [-0.39, 0.29) is 29.4 Å². The van der Waals surface area contributed by atoms with Crippen LogP contribution in [0.15, 0.2) is 30.3 Å². The number of carbonyl (C=O) groups excluding carboxylic acids is 1. The normalized spacial score (nSPS) is 20.0. The number of halogens is 3. The Morgan fingerprint density at radius 2 is 1.81 bits per heavy atom. The SMILES string of the molecule is O=C(/C=C/c1ccccc1OC(F)(F)F)N1CCC(C2OCCO2)CC1. The molecule has 2 saturated heterocycles. The van der Waals surface area contributed by atoms with Crippen molar-refractivity contribution in [1.82, 2.24) is 4.90 Å². The third kappa shape index (κ3) is 4.98. The second-order valence-electron chi connectivity index (χ2n) is 6.19. The van der Waals surface area contributed by atoms with E-state index in [0.717, 1.165) is 12.8 Å². The molecule has 3 rings (SSSR count). The summed E-state index contributed by atoms with van der Waals surface area (Å²) in [5.74, 6) is -0.303. The van der Waals surface area contributed by atoms with Crippen LogP contribution in [0.2, 0.25) is 0 Å². The van der Waals surface area contributed by atoms with Gasteiger partial charge in [-0.05, 0) is 25.0 Å². The number of piperidine rings is 1. The second kappa shape index (κ2) is 8.09. The van der Waals surface area contributed by atoms with Crippen LogP contribution in [0.25, 0.3) is 6.08 Å². The molecule has 0 bridgehead atoms. The van der Waals surface area contributed by atoms with Crippen LogP contribution in [0.3, 0.4) is 0 Å². The van der Waals surface area contributed by atoms with Gasteiger partial charge in [0.05, 0.1) is 13.2 Å². The summed E-state index contributed by atoms with van der Waals surface area (Å²) in [4.78, 5) is 14.0.